The molecule has 2 aromatic carbocycles. The predicted molar refractivity (Wildman–Crippen MR) is 101 cm³/mol. The van der Waals surface area contributed by atoms with E-state index in [-0.39, 0.29) is 12.6 Å². The van der Waals surface area contributed by atoms with Crippen LogP contribution >= 0.6 is 0 Å². The van der Waals surface area contributed by atoms with Crippen molar-refractivity contribution in [2.45, 2.75) is 38.8 Å². The molecular formula is C21H25NO4. The Labute approximate surface area is 154 Å². The van der Waals surface area contributed by atoms with Gasteiger partial charge in [-0.05, 0) is 57.0 Å². The van der Waals surface area contributed by atoms with E-state index >= 15 is 0 Å². The largest absolute Gasteiger partial charge is 0.491 e. The van der Waals surface area contributed by atoms with Gasteiger partial charge in [0.25, 0.3) is 0 Å². The van der Waals surface area contributed by atoms with Crippen molar-refractivity contribution in [1.29, 1.82) is 0 Å². The third-order valence-corrected chi connectivity index (χ3v) is 3.51. The summed E-state index contributed by atoms with van der Waals surface area (Å²) in [6.07, 6.45) is 0.928. The van der Waals surface area contributed by atoms with E-state index in [9.17, 15) is 9.59 Å². The minimum absolute atomic E-state index is 0.252. The SMILES string of the molecule is CC(C)(C)OC(=O)N[C@@H](COc1ccc(C=O)cc1)Cc1ccccc1. The van der Waals surface area contributed by atoms with Gasteiger partial charge in [0.15, 0.2) is 0 Å². The topological polar surface area (TPSA) is 64.6 Å². The zero-order chi connectivity index (χ0) is 19.0. The Kier molecular flexibility index (Phi) is 6.78. The number of ether oxygens (including phenoxy) is 2. The Morgan fingerprint density at radius 1 is 1.08 bits per heavy atom. The smallest absolute Gasteiger partial charge is 0.408 e. The van der Waals surface area contributed by atoms with Crippen LogP contribution in [0.5, 0.6) is 5.75 Å². The summed E-state index contributed by atoms with van der Waals surface area (Å²) in [5.41, 5.74) is 1.12. The summed E-state index contributed by atoms with van der Waals surface area (Å²) >= 11 is 0. The average Bonchev–Trinajstić information content (AvgIpc) is 2.59. The highest BCUT2D eigenvalue weighted by molar-refractivity contribution is 5.74. The lowest BCUT2D eigenvalue weighted by Gasteiger charge is -2.24. The Morgan fingerprint density at radius 2 is 1.73 bits per heavy atom. The maximum atomic E-state index is 12.1. The van der Waals surface area contributed by atoms with Gasteiger partial charge in [-0.3, -0.25) is 4.79 Å². The van der Waals surface area contributed by atoms with E-state index in [4.69, 9.17) is 9.47 Å². The Hall–Kier alpha value is -2.82. The van der Waals surface area contributed by atoms with Crippen LogP contribution < -0.4 is 10.1 Å². The average molecular weight is 355 g/mol. The number of aldehydes is 1. The quantitative estimate of drug-likeness (QED) is 0.762. The second kappa shape index (κ2) is 9.04. The number of nitrogens with one attached hydrogen (secondary N) is 1. The molecule has 138 valence electrons. The van der Waals surface area contributed by atoms with Crippen LogP contribution in [0.4, 0.5) is 4.79 Å². The molecule has 0 aliphatic rings. The second-order valence-electron chi connectivity index (χ2n) is 7.03. The summed E-state index contributed by atoms with van der Waals surface area (Å²) in [6, 6.07) is 16.5. The molecule has 2 rings (SSSR count). The maximum absolute atomic E-state index is 12.1. The van der Waals surface area contributed by atoms with Gasteiger partial charge in [0, 0.05) is 5.56 Å². The van der Waals surface area contributed by atoms with E-state index < -0.39 is 11.7 Å². The first-order valence-corrected chi connectivity index (χ1v) is 8.57. The molecular weight excluding hydrogens is 330 g/mol. The molecule has 0 spiro atoms. The molecule has 0 saturated heterocycles. The summed E-state index contributed by atoms with van der Waals surface area (Å²) in [5, 5.41) is 2.87. The fourth-order valence-electron chi connectivity index (χ4n) is 2.36. The highest BCUT2D eigenvalue weighted by Crippen LogP contribution is 2.13. The fourth-order valence-corrected chi connectivity index (χ4v) is 2.36. The van der Waals surface area contributed by atoms with Crippen LogP contribution in [0.1, 0.15) is 36.7 Å². The summed E-state index contributed by atoms with van der Waals surface area (Å²) in [4.78, 5) is 22.8. The first-order chi connectivity index (χ1) is 12.4. The minimum Gasteiger partial charge on any atom is -0.491 e. The number of alkyl carbamates (subject to hydrolysis) is 1. The second-order valence-corrected chi connectivity index (χ2v) is 7.03. The van der Waals surface area contributed by atoms with Crippen LogP contribution in [0, 0.1) is 0 Å². The highest BCUT2D eigenvalue weighted by Gasteiger charge is 2.20. The molecule has 5 nitrogen and oxygen atoms in total. The van der Waals surface area contributed by atoms with Crippen molar-refractivity contribution < 1.29 is 19.1 Å². The third-order valence-electron chi connectivity index (χ3n) is 3.51. The van der Waals surface area contributed by atoms with Gasteiger partial charge >= 0.3 is 6.09 Å². The van der Waals surface area contributed by atoms with Gasteiger partial charge in [-0.15, -0.1) is 0 Å². The molecule has 0 bridgehead atoms. The molecule has 0 aliphatic carbocycles. The van der Waals surface area contributed by atoms with Crippen LogP contribution in [0.2, 0.25) is 0 Å². The van der Waals surface area contributed by atoms with Crippen LogP contribution in [0.15, 0.2) is 54.6 Å². The standard InChI is InChI=1S/C21H25NO4/c1-21(2,3)26-20(24)22-18(13-16-7-5-4-6-8-16)15-25-19-11-9-17(14-23)10-12-19/h4-12,14,18H,13,15H2,1-3H3,(H,22,24)/t18-/m1/s1. The van der Waals surface area contributed by atoms with Gasteiger partial charge in [-0.1, -0.05) is 30.3 Å². The van der Waals surface area contributed by atoms with E-state index in [1.165, 1.54) is 0 Å². The number of amides is 1. The van der Waals surface area contributed by atoms with Crippen molar-refractivity contribution in [1.82, 2.24) is 5.32 Å². The van der Waals surface area contributed by atoms with Crippen molar-refractivity contribution in [2.75, 3.05) is 6.61 Å². The third kappa shape index (κ3) is 6.97. The van der Waals surface area contributed by atoms with Gasteiger partial charge < -0.3 is 14.8 Å². The molecule has 2 aromatic rings. The Bertz CT molecular complexity index is 705. The zero-order valence-electron chi connectivity index (χ0n) is 15.4. The number of hydrogen-bond acceptors (Lipinski definition) is 4. The Morgan fingerprint density at radius 3 is 2.31 bits per heavy atom. The van der Waals surface area contributed by atoms with Crippen LogP contribution in [0.25, 0.3) is 0 Å². The molecule has 0 unspecified atom stereocenters. The van der Waals surface area contributed by atoms with Crippen LogP contribution in [-0.2, 0) is 11.2 Å². The van der Waals surface area contributed by atoms with Gasteiger partial charge in [-0.25, -0.2) is 4.79 Å². The van der Waals surface area contributed by atoms with Gasteiger partial charge in [0.05, 0.1) is 6.04 Å². The van der Waals surface area contributed by atoms with Crippen molar-refractivity contribution in [3.63, 3.8) is 0 Å². The fraction of sp³-hybridized carbons (Fsp3) is 0.333. The Balaban J connectivity index is 2.01. The molecule has 1 atom stereocenters. The maximum Gasteiger partial charge on any atom is 0.408 e. The minimum atomic E-state index is -0.563. The molecule has 0 saturated carbocycles. The molecule has 0 fully saturated rings. The first-order valence-electron chi connectivity index (χ1n) is 8.57. The summed E-state index contributed by atoms with van der Waals surface area (Å²) in [7, 11) is 0. The lowest BCUT2D eigenvalue weighted by Crippen LogP contribution is -2.43. The highest BCUT2D eigenvalue weighted by atomic mass is 16.6. The molecule has 1 amide bonds. The van der Waals surface area contributed by atoms with Crippen LogP contribution in [-0.4, -0.2) is 30.6 Å². The van der Waals surface area contributed by atoms with Crippen molar-refractivity contribution in [3.05, 3.63) is 65.7 Å². The van der Waals surface area contributed by atoms with Crippen molar-refractivity contribution in [3.8, 4) is 5.75 Å². The van der Waals surface area contributed by atoms with Gasteiger partial charge in [0.1, 0.15) is 24.2 Å². The number of carbonyl (C=O) groups is 2. The number of hydrogen-bond donors (Lipinski definition) is 1. The van der Waals surface area contributed by atoms with Crippen molar-refractivity contribution >= 4 is 12.4 Å². The molecule has 0 heterocycles. The molecule has 0 aromatic heterocycles. The van der Waals surface area contributed by atoms with E-state index in [0.717, 1.165) is 11.8 Å². The lowest BCUT2D eigenvalue weighted by molar-refractivity contribution is 0.0487. The van der Waals surface area contributed by atoms with E-state index in [2.05, 4.69) is 5.32 Å². The number of benzene rings is 2. The number of carbonyl (C=O) groups excluding carboxylic acids is 2. The predicted octanol–water partition coefficient (Wildman–Crippen LogP) is 4.01. The van der Waals surface area contributed by atoms with E-state index in [1.54, 1.807) is 24.3 Å². The summed E-state index contributed by atoms with van der Waals surface area (Å²) in [6.45, 7) is 5.76. The summed E-state index contributed by atoms with van der Waals surface area (Å²) < 4.78 is 11.1. The van der Waals surface area contributed by atoms with Gasteiger partial charge in [0.2, 0.25) is 0 Å². The van der Waals surface area contributed by atoms with E-state index in [0.29, 0.717) is 17.7 Å². The normalized spacial score (nSPS) is 12.1. The monoisotopic (exact) mass is 355 g/mol. The molecule has 26 heavy (non-hydrogen) atoms. The van der Waals surface area contributed by atoms with Crippen LogP contribution in [0.3, 0.4) is 0 Å². The molecule has 0 aliphatic heterocycles. The molecule has 1 N–H and O–H groups in total. The van der Waals surface area contributed by atoms with E-state index in [1.807, 2.05) is 51.1 Å². The first kappa shape index (κ1) is 19.5. The molecule has 5 heteroatoms. The van der Waals surface area contributed by atoms with Gasteiger partial charge in [-0.2, -0.15) is 0 Å². The lowest BCUT2D eigenvalue weighted by atomic mass is 10.1. The number of rotatable bonds is 7. The summed E-state index contributed by atoms with van der Waals surface area (Å²) in [5.74, 6) is 0.639. The van der Waals surface area contributed by atoms with Crippen molar-refractivity contribution in [2.24, 2.45) is 0 Å². The molecule has 0 radical (unpaired) electrons. The zero-order valence-corrected chi connectivity index (χ0v) is 15.4.